The molecule has 0 heterocycles. The third-order valence-electron chi connectivity index (χ3n) is 3.67. The van der Waals surface area contributed by atoms with E-state index < -0.39 is 0 Å². The van der Waals surface area contributed by atoms with Gasteiger partial charge in [0.2, 0.25) is 0 Å². The monoisotopic (exact) mass is 266 g/mol. The van der Waals surface area contributed by atoms with Crippen LogP contribution in [0.1, 0.15) is 31.7 Å². The van der Waals surface area contributed by atoms with E-state index >= 15 is 0 Å². The van der Waals surface area contributed by atoms with E-state index in [0.717, 1.165) is 24.7 Å². The van der Waals surface area contributed by atoms with E-state index in [1.54, 1.807) is 6.07 Å². The van der Waals surface area contributed by atoms with Crippen molar-refractivity contribution in [3.8, 4) is 0 Å². The average Bonchev–Trinajstić information content (AvgIpc) is 2.27. The molecule has 1 saturated carbocycles. The van der Waals surface area contributed by atoms with Crippen molar-refractivity contribution >= 4 is 22.9 Å². The predicted molar refractivity (Wildman–Crippen MR) is 77.5 cm³/mol. The van der Waals surface area contributed by atoms with Crippen LogP contribution in [0, 0.1) is 11.7 Å². The molecule has 1 fully saturated rings. The van der Waals surface area contributed by atoms with E-state index in [-0.39, 0.29) is 10.8 Å². The molecule has 0 unspecified atom stereocenters. The molecule has 98 valence electrons. The maximum atomic E-state index is 13.8. The zero-order valence-corrected chi connectivity index (χ0v) is 11.5. The Bertz CT molecular complexity index is 443. The van der Waals surface area contributed by atoms with Crippen LogP contribution in [-0.4, -0.2) is 18.1 Å². The fourth-order valence-corrected chi connectivity index (χ4v) is 2.47. The lowest BCUT2D eigenvalue weighted by atomic mass is 9.85. The second-order valence-electron chi connectivity index (χ2n) is 4.86. The number of hydrogen-bond donors (Lipinski definition) is 1. The molecule has 1 aliphatic carbocycles. The van der Waals surface area contributed by atoms with E-state index in [0.29, 0.717) is 5.56 Å². The summed E-state index contributed by atoms with van der Waals surface area (Å²) in [6.07, 6.45) is 3.92. The Kier molecular flexibility index (Phi) is 4.17. The molecule has 0 amide bonds. The Labute approximate surface area is 113 Å². The zero-order valence-electron chi connectivity index (χ0n) is 10.7. The quantitative estimate of drug-likeness (QED) is 0.830. The first-order valence-corrected chi connectivity index (χ1v) is 6.87. The fraction of sp³-hybridized carbons (Fsp3) is 0.500. The lowest BCUT2D eigenvalue weighted by Crippen LogP contribution is -2.32. The highest BCUT2D eigenvalue weighted by Crippen LogP contribution is 2.29. The van der Waals surface area contributed by atoms with Crippen molar-refractivity contribution < 1.29 is 4.39 Å². The third kappa shape index (κ3) is 2.80. The summed E-state index contributed by atoms with van der Waals surface area (Å²) in [5.41, 5.74) is 6.71. The largest absolute Gasteiger partial charge is 0.389 e. The summed E-state index contributed by atoms with van der Waals surface area (Å²) in [5.74, 6) is 0.440. The van der Waals surface area contributed by atoms with Crippen LogP contribution >= 0.6 is 12.2 Å². The molecule has 0 spiro atoms. The van der Waals surface area contributed by atoms with Crippen LogP contribution < -0.4 is 10.6 Å². The minimum atomic E-state index is -0.327. The summed E-state index contributed by atoms with van der Waals surface area (Å²) in [4.78, 5) is 2.33. The van der Waals surface area contributed by atoms with Gasteiger partial charge >= 0.3 is 0 Å². The van der Waals surface area contributed by atoms with Crippen molar-refractivity contribution in [3.05, 3.63) is 29.6 Å². The molecule has 2 rings (SSSR count). The SMILES string of the molecule is CCN(CC1CCC1)c1ccc(C(N)=S)c(F)c1. The number of benzene rings is 1. The van der Waals surface area contributed by atoms with E-state index in [9.17, 15) is 4.39 Å². The highest BCUT2D eigenvalue weighted by Gasteiger charge is 2.20. The molecule has 0 saturated heterocycles. The maximum Gasteiger partial charge on any atom is 0.135 e. The maximum absolute atomic E-state index is 13.8. The molecule has 0 bridgehead atoms. The van der Waals surface area contributed by atoms with E-state index in [1.807, 2.05) is 6.07 Å². The minimum Gasteiger partial charge on any atom is -0.389 e. The topological polar surface area (TPSA) is 29.3 Å². The van der Waals surface area contributed by atoms with Crippen molar-refractivity contribution in [2.75, 3.05) is 18.0 Å². The number of halogens is 1. The summed E-state index contributed by atoms with van der Waals surface area (Å²) in [5, 5.41) is 0. The first-order valence-electron chi connectivity index (χ1n) is 6.46. The molecular weight excluding hydrogens is 247 g/mol. The van der Waals surface area contributed by atoms with Gasteiger partial charge in [0, 0.05) is 24.3 Å². The van der Waals surface area contributed by atoms with Gasteiger partial charge in [-0.3, -0.25) is 0 Å². The summed E-state index contributed by atoms with van der Waals surface area (Å²) in [6, 6.07) is 5.12. The molecular formula is C14H19FN2S. The lowest BCUT2D eigenvalue weighted by molar-refractivity contribution is 0.318. The molecule has 1 aromatic rings. The van der Waals surface area contributed by atoms with Gasteiger partial charge in [0.1, 0.15) is 10.8 Å². The van der Waals surface area contributed by atoms with Gasteiger partial charge in [0.05, 0.1) is 0 Å². The molecule has 2 N–H and O–H groups in total. The number of anilines is 1. The highest BCUT2D eigenvalue weighted by atomic mass is 32.1. The molecule has 0 aliphatic heterocycles. The van der Waals surface area contributed by atoms with Gasteiger partial charge < -0.3 is 10.6 Å². The third-order valence-corrected chi connectivity index (χ3v) is 3.89. The first-order chi connectivity index (χ1) is 8.61. The Morgan fingerprint density at radius 3 is 2.67 bits per heavy atom. The van der Waals surface area contributed by atoms with Crippen molar-refractivity contribution in [1.82, 2.24) is 0 Å². The second kappa shape index (κ2) is 5.65. The molecule has 1 aromatic carbocycles. The average molecular weight is 266 g/mol. The van der Waals surface area contributed by atoms with Crippen LogP contribution in [0.15, 0.2) is 18.2 Å². The molecule has 4 heteroatoms. The molecule has 0 atom stereocenters. The predicted octanol–water partition coefficient (Wildman–Crippen LogP) is 3.09. The first kappa shape index (κ1) is 13.3. The van der Waals surface area contributed by atoms with Crippen LogP contribution in [0.4, 0.5) is 10.1 Å². The van der Waals surface area contributed by atoms with Gasteiger partial charge in [-0.2, -0.15) is 0 Å². The number of hydrogen-bond acceptors (Lipinski definition) is 2. The Morgan fingerprint density at radius 2 is 2.22 bits per heavy atom. The Hall–Kier alpha value is -1.16. The van der Waals surface area contributed by atoms with Gasteiger partial charge in [-0.15, -0.1) is 0 Å². The van der Waals surface area contributed by atoms with Gasteiger partial charge in [0.15, 0.2) is 0 Å². The van der Waals surface area contributed by atoms with Crippen molar-refractivity contribution in [2.45, 2.75) is 26.2 Å². The number of nitrogens with two attached hydrogens (primary N) is 1. The van der Waals surface area contributed by atoms with Crippen LogP contribution in [0.2, 0.25) is 0 Å². The summed E-state index contributed by atoms with van der Waals surface area (Å²) in [6.45, 7) is 4.00. The molecule has 1 aliphatic rings. The van der Waals surface area contributed by atoms with Crippen molar-refractivity contribution in [2.24, 2.45) is 11.7 Å². The minimum absolute atomic E-state index is 0.112. The number of nitrogens with zero attached hydrogens (tertiary/aromatic N) is 1. The molecule has 18 heavy (non-hydrogen) atoms. The standard InChI is InChI=1S/C14H19FN2S/c1-2-17(9-10-4-3-5-10)11-6-7-12(14(16)18)13(15)8-11/h6-8,10H,2-5,9H2,1H3,(H2,16,18). The van der Waals surface area contributed by atoms with Crippen LogP contribution in [0.25, 0.3) is 0 Å². The molecule has 0 radical (unpaired) electrons. The van der Waals surface area contributed by atoms with Crippen LogP contribution in [0.3, 0.4) is 0 Å². The van der Waals surface area contributed by atoms with Gasteiger partial charge in [-0.1, -0.05) is 18.6 Å². The van der Waals surface area contributed by atoms with Crippen LogP contribution in [-0.2, 0) is 0 Å². The fourth-order valence-electron chi connectivity index (χ4n) is 2.30. The number of rotatable bonds is 5. The molecule has 0 aromatic heterocycles. The molecule has 2 nitrogen and oxygen atoms in total. The smallest absolute Gasteiger partial charge is 0.135 e. The van der Waals surface area contributed by atoms with Crippen molar-refractivity contribution in [3.63, 3.8) is 0 Å². The number of thiocarbonyl (C=S) groups is 1. The summed E-state index contributed by atoms with van der Waals surface area (Å²) < 4.78 is 13.8. The van der Waals surface area contributed by atoms with E-state index in [1.165, 1.54) is 25.3 Å². The van der Waals surface area contributed by atoms with Crippen LogP contribution in [0.5, 0.6) is 0 Å². The van der Waals surface area contributed by atoms with Gasteiger partial charge in [-0.25, -0.2) is 4.39 Å². The van der Waals surface area contributed by atoms with Gasteiger partial charge in [0.25, 0.3) is 0 Å². The second-order valence-corrected chi connectivity index (χ2v) is 5.30. The highest BCUT2D eigenvalue weighted by molar-refractivity contribution is 7.80. The van der Waals surface area contributed by atoms with Gasteiger partial charge in [-0.05, 0) is 43.9 Å². The normalized spacial score (nSPS) is 15.2. The zero-order chi connectivity index (χ0) is 13.1. The van der Waals surface area contributed by atoms with Crippen molar-refractivity contribution in [1.29, 1.82) is 0 Å². The summed E-state index contributed by atoms with van der Waals surface area (Å²) in [7, 11) is 0. The van der Waals surface area contributed by atoms with E-state index in [4.69, 9.17) is 18.0 Å². The Morgan fingerprint density at radius 1 is 1.50 bits per heavy atom. The van der Waals surface area contributed by atoms with E-state index in [2.05, 4.69) is 11.8 Å². The summed E-state index contributed by atoms with van der Waals surface area (Å²) >= 11 is 4.81. The Balaban J connectivity index is 2.14. The lowest BCUT2D eigenvalue weighted by Gasteiger charge is -2.33.